The summed E-state index contributed by atoms with van der Waals surface area (Å²) in [5.41, 5.74) is 1.78. The molecule has 0 saturated heterocycles. The molecule has 0 aromatic carbocycles. The van der Waals surface area contributed by atoms with E-state index in [9.17, 15) is 0 Å². The zero-order chi connectivity index (χ0) is 16.5. The summed E-state index contributed by atoms with van der Waals surface area (Å²) < 4.78 is 3.78. The third kappa shape index (κ3) is 3.11. The number of rotatable bonds is 4. The Balaban J connectivity index is 1.54. The van der Waals surface area contributed by atoms with E-state index in [1.165, 1.54) is 25.7 Å². The van der Waals surface area contributed by atoms with E-state index in [0.717, 1.165) is 29.2 Å². The van der Waals surface area contributed by atoms with Crippen LogP contribution in [0.2, 0.25) is 0 Å². The van der Waals surface area contributed by atoms with Crippen LogP contribution in [-0.4, -0.2) is 29.5 Å². The molecule has 24 heavy (non-hydrogen) atoms. The lowest BCUT2D eigenvalue weighted by Crippen LogP contribution is -2.18. The van der Waals surface area contributed by atoms with Crippen LogP contribution in [0.1, 0.15) is 32.6 Å². The zero-order valence-corrected chi connectivity index (χ0v) is 14.2. The van der Waals surface area contributed by atoms with Crippen LogP contribution in [0.5, 0.6) is 0 Å². The second-order valence-electron chi connectivity index (χ2n) is 6.95. The number of aryl methyl sites for hydroxylation is 1. The van der Waals surface area contributed by atoms with E-state index in [1.54, 1.807) is 10.9 Å². The van der Waals surface area contributed by atoms with Gasteiger partial charge in [-0.25, -0.2) is 9.67 Å². The van der Waals surface area contributed by atoms with Crippen molar-refractivity contribution >= 4 is 22.7 Å². The van der Waals surface area contributed by atoms with Crippen LogP contribution in [-0.2, 0) is 13.6 Å². The van der Waals surface area contributed by atoms with E-state index in [0.29, 0.717) is 11.9 Å². The molecule has 0 spiro atoms. The van der Waals surface area contributed by atoms with Gasteiger partial charge < -0.3 is 5.32 Å². The minimum absolute atomic E-state index is 0.578. The predicted molar refractivity (Wildman–Crippen MR) is 92.9 cm³/mol. The average molecular weight is 325 g/mol. The topological polar surface area (TPSA) is 73.5 Å². The van der Waals surface area contributed by atoms with Crippen molar-refractivity contribution in [1.82, 2.24) is 29.5 Å². The molecule has 1 aliphatic carbocycles. The summed E-state index contributed by atoms with van der Waals surface area (Å²) in [6.45, 7) is 3.29. The third-order valence-corrected chi connectivity index (χ3v) is 4.90. The highest BCUT2D eigenvalue weighted by Gasteiger charge is 2.20. The van der Waals surface area contributed by atoms with Crippen LogP contribution in [0.25, 0.3) is 11.0 Å². The lowest BCUT2D eigenvalue weighted by Gasteiger charge is -2.26. The highest BCUT2D eigenvalue weighted by molar-refractivity contribution is 5.75. The largest absolute Gasteiger partial charge is 0.321 e. The third-order valence-electron chi connectivity index (χ3n) is 4.90. The van der Waals surface area contributed by atoms with Gasteiger partial charge in [0, 0.05) is 26.0 Å². The van der Waals surface area contributed by atoms with Gasteiger partial charge in [0.2, 0.25) is 5.95 Å². The molecule has 0 atom stereocenters. The van der Waals surface area contributed by atoms with Gasteiger partial charge in [-0.2, -0.15) is 15.2 Å². The van der Waals surface area contributed by atoms with Crippen LogP contribution in [0, 0.1) is 11.8 Å². The Bertz CT molecular complexity index is 826. The molecule has 0 bridgehead atoms. The number of nitrogens with one attached hydrogen (secondary N) is 1. The summed E-state index contributed by atoms with van der Waals surface area (Å²) in [6.07, 6.45) is 12.6. The SMILES string of the molecule is CC1CCC(Cn2ncc3cnc(Nc4cnn(C)c4)nc32)CC1. The Labute approximate surface area is 141 Å². The molecule has 1 aliphatic rings. The van der Waals surface area contributed by atoms with E-state index in [2.05, 4.69) is 32.4 Å². The summed E-state index contributed by atoms with van der Waals surface area (Å²) in [4.78, 5) is 9.03. The first-order chi connectivity index (χ1) is 11.7. The number of aromatic nitrogens is 6. The molecular formula is C17H23N7. The van der Waals surface area contributed by atoms with Crippen molar-refractivity contribution in [1.29, 1.82) is 0 Å². The van der Waals surface area contributed by atoms with Crippen molar-refractivity contribution in [2.75, 3.05) is 5.32 Å². The summed E-state index contributed by atoms with van der Waals surface area (Å²) in [5, 5.41) is 12.9. The predicted octanol–water partition coefficient (Wildman–Crippen LogP) is 3.13. The van der Waals surface area contributed by atoms with Crippen LogP contribution in [0.3, 0.4) is 0 Å². The van der Waals surface area contributed by atoms with Gasteiger partial charge in [0.1, 0.15) is 0 Å². The van der Waals surface area contributed by atoms with E-state index < -0.39 is 0 Å². The molecule has 3 aromatic heterocycles. The van der Waals surface area contributed by atoms with Gasteiger partial charge in [0.25, 0.3) is 0 Å². The number of hydrogen-bond donors (Lipinski definition) is 1. The molecule has 126 valence electrons. The monoisotopic (exact) mass is 325 g/mol. The Morgan fingerprint density at radius 1 is 1.12 bits per heavy atom. The van der Waals surface area contributed by atoms with Gasteiger partial charge in [-0.05, 0) is 24.7 Å². The summed E-state index contributed by atoms with van der Waals surface area (Å²) in [5.74, 6) is 2.15. The fraction of sp³-hybridized carbons (Fsp3) is 0.529. The lowest BCUT2D eigenvalue weighted by atomic mass is 9.83. The molecule has 1 saturated carbocycles. The molecule has 3 aromatic rings. The summed E-state index contributed by atoms with van der Waals surface area (Å²) in [7, 11) is 1.88. The molecule has 4 rings (SSSR count). The lowest BCUT2D eigenvalue weighted by molar-refractivity contribution is 0.260. The second kappa shape index (κ2) is 6.22. The van der Waals surface area contributed by atoms with Crippen molar-refractivity contribution < 1.29 is 0 Å². The number of anilines is 2. The van der Waals surface area contributed by atoms with Crippen LogP contribution in [0.15, 0.2) is 24.8 Å². The molecule has 1 N–H and O–H groups in total. The maximum Gasteiger partial charge on any atom is 0.229 e. The Morgan fingerprint density at radius 2 is 1.96 bits per heavy atom. The van der Waals surface area contributed by atoms with Crippen LogP contribution in [0.4, 0.5) is 11.6 Å². The highest BCUT2D eigenvalue weighted by Crippen LogP contribution is 2.29. The Hall–Kier alpha value is -2.44. The standard InChI is InChI=1S/C17H23N7/c1-12-3-5-13(6-4-12)10-24-16-14(8-20-24)7-18-17(22-16)21-15-9-19-23(2)11-15/h7-9,11-13H,3-6,10H2,1-2H3,(H,18,21,22). The van der Waals surface area contributed by atoms with E-state index in [-0.39, 0.29) is 0 Å². The van der Waals surface area contributed by atoms with Crippen molar-refractivity contribution in [3.63, 3.8) is 0 Å². The van der Waals surface area contributed by atoms with Crippen molar-refractivity contribution in [2.45, 2.75) is 39.2 Å². The minimum atomic E-state index is 0.578. The van der Waals surface area contributed by atoms with Crippen LogP contribution < -0.4 is 5.32 Å². The highest BCUT2D eigenvalue weighted by atomic mass is 15.3. The van der Waals surface area contributed by atoms with Gasteiger partial charge in [-0.3, -0.25) is 4.68 Å². The van der Waals surface area contributed by atoms with Crippen molar-refractivity contribution in [3.05, 3.63) is 24.8 Å². The van der Waals surface area contributed by atoms with Gasteiger partial charge in [0.15, 0.2) is 5.65 Å². The number of hydrogen-bond acceptors (Lipinski definition) is 5. The molecule has 0 unspecified atom stereocenters. The number of fused-ring (bicyclic) bond motifs is 1. The average Bonchev–Trinajstić information content (AvgIpc) is 3.16. The first kappa shape index (κ1) is 15.1. The molecule has 0 aliphatic heterocycles. The quantitative estimate of drug-likeness (QED) is 0.798. The molecule has 1 fully saturated rings. The Kier molecular flexibility index (Phi) is 3.92. The van der Waals surface area contributed by atoms with Gasteiger partial charge in [0.05, 0.1) is 23.5 Å². The molecular weight excluding hydrogens is 302 g/mol. The maximum atomic E-state index is 4.66. The fourth-order valence-corrected chi connectivity index (χ4v) is 3.43. The van der Waals surface area contributed by atoms with Crippen LogP contribution >= 0.6 is 0 Å². The molecule has 3 heterocycles. The van der Waals surface area contributed by atoms with E-state index in [4.69, 9.17) is 0 Å². The van der Waals surface area contributed by atoms with Crippen molar-refractivity contribution in [3.8, 4) is 0 Å². The van der Waals surface area contributed by atoms with E-state index in [1.807, 2.05) is 30.3 Å². The maximum absolute atomic E-state index is 4.66. The number of nitrogens with zero attached hydrogens (tertiary/aromatic N) is 6. The van der Waals surface area contributed by atoms with Crippen molar-refractivity contribution in [2.24, 2.45) is 18.9 Å². The molecule has 0 radical (unpaired) electrons. The van der Waals surface area contributed by atoms with Gasteiger partial charge in [-0.15, -0.1) is 0 Å². The normalized spacial score (nSPS) is 21.2. The van der Waals surface area contributed by atoms with E-state index >= 15 is 0 Å². The fourth-order valence-electron chi connectivity index (χ4n) is 3.43. The minimum Gasteiger partial charge on any atom is -0.321 e. The van der Waals surface area contributed by atoms with Gasteiger partial charge >= 0.3 is 0 Å². The first-order valence-corrected chi connectivity index (χ1v) is 8.61. The Morgan fingerprint density at radius 3 is 2.71 bits per heavy atom. The molecule has 7 nitrogen and oxygen atoms in total. The molecule has 0 amide bonds. The summed E-state index contributed by atoms with van der Waals surface area (Å²) in [6, 6.07) is 0. The van der Waals surface area contributed by atoms with Gasteiger partial charge in [-0.1, -0.05) is 19.8 Å². The smallest absolute Gasteiger partial charge is 0.229 e. The molecule has 7 heteroatoms. The second-order valence-corrected chi connectivity index (χ2v) is 6.95. The first-order valence-electron chi connectivity index (χ1n) is 8.61. The zero-order valence-electron chi connectivity index (χ0n) is 14.2. The summed E-state index contributed by atoms with van der Waals surface area (Å²) >= 11 is 0.